The van der Waals surface area contributed by atoms with Crippen molar-refractivity contribution < 1.29 is 18.0 Å². The summed E-state index contributed by atoms with van der Waals surface area (Å²) in [5, 5.41) is 0. The van der Waals surface area contributed by atoms with Crippen LogP contribution in [0.3, 0.4) is 0 Å². The molecule has 6 heteroatoms. The van der Waals surface area contributed by atoms with Gasteiger partial charge in [0.15, 0.2) is 0 Å². The average Bonchev–Trinajstić information content (AvgIpc) is 2.18. The lowest BCUT2D eigenvalue weighted by Crippen LogP contribution is -2.35. The molecule has 0 unspecified atom stereocenters. The van der Waals surface area contributed by atoms with Crippen molar-refractivity contribution in [2.24, 2.45) is 0 Å². The summed E-state index contributed by atoms with van der Waals surface area (Å²) in [6, 6.07) is 4.44. The number of alkyl halides is 3. The summed E-state index contributed by atoms with van der Waals surface area (Å²) < 4.78 is 36.3. The number of nitrogen functional groups attached to an aromatic ring is 1. The number of nitrogens with two attached hydrogens (primary N) is 1. The fraction of sp³-hybridized carbons (Fsp3) is 0.364. The van der Waals surface area contributed by atoms with Crippen molar-refractivity contribution in [3.05, 3.63) is 29.3 Å². The normalized spacial score (nSPS) is 11.4. The van der Waals surface area contributed by atoms with Gasteiger partial charge in [0.05, 0.1) is 0 Å². The second-order valence-electron chi connectivity index (χ2n) is 3.85. The quantitative estimate of drug-likeness (QED) is 0.813. The topological polar surface area (TPSA) is 46.3 Å². The summed E-state index contributed by atoms with van der Waals surface area (Å²) in [7, 11) is 1.10. The van der Waals surface area contributed by atoms with Gasteiger partial charge in [0.25, 0.3) is 5.91 Å². The van der Waals surface area contributed by atoms with E-state index >= 15 is 0 Å². The Kier molecular flexibility index (Phi) is 3.65. The highest BCUT2D eigenvalue weighted by Gasteiger charge is 2.31. The molecule has 0 radical (unpaired) electrons. The summed E-state index contributed by atoms with van der Waals surface area (Å²) >= 11 is 0. The van der Waals surface area contributed by atoms with E-state index in [0.717, 1.165) is 12.6 Å². The highest BCUT2D eigenvalue weighted by atomic mass is 19.4. The third-order valence-corrected chi connectivity index (χ3v) is 2.29. The number of carbonyl (C=O) groups excluding carboxylic acids is 1. The van der Waals surface area contributed by atoms with Crippen molar-refractivity contribution in [2.75, 3.05) is 19.3 Å². The van der Waals surface area contributed by atoms with E-state index in [4.69, 9.17) is 5.73 Å². The Hall–Kier alpha value is -1.72. The van der Waals surface area contributed by atoms with E-state index in [1.54, 1.807) is 13.0 Å². The molecule has 0 bridgehead atoms. The Morgan fingerprint density at radius 2 is 2.00 bits per heavy atom. The first-order valence-electron chi connectivity index (χ1n) is 4.89. The Balaban J connectivity index is 2.85. The molecule has 0 spiro atoms. The van der Waals surface area contributed by atoms with Gasteiger partial charge in [-0.3, -0.25) is 4.79 Å². The van der Waals surface area contributed by atoms with Crippen LogP contribution in [-0.2, 0) is 0 Å². The number of halogens is 3. The monoisotopic (exact) mass is 246 g/mol. The molecule has 1 aromatic rings. The van der Waals surface area contributed by atoms with Gasteiger partial charge < -0.3 is 10.6 Å². The van der Waals surface area contributed by atoms with Crippen LogP contribution >= 0.6 is 0 Å². The number of benzene rings is 1. The molecule has 0 atom stereocenters. The van der Waals surface area contributed by atoms with Crippen molar-refractivity contribution in [1.82, 2.24) is 4.90 Å². The Morgan fingerprint density at radius 1 is 1.41 bits per heavy atom. The van der Waals surface area contributed by atoms with Gasteiger partial charge in [-0.1, -0.05) is 6.07 Å². The number of hydrogen-bond donors (Lipinski definition) is 1. The fourth-order valence-corrected chi connectivity index (χ4v) is 1.33. The van der Waals surface area contributed by atoms with Crippen LogP contribution in [0.2, 0.25) is 0 Å². The van der Waals surface area contributed by atoms with Gasteiger partial charge >= 0.3 is 6.18 Å². The zero-order valence-electron chi connectivity index (χ0n) is 9.51. The second-order valence-corrected chi connectivity index (χ2v) is 3.85. The Bertz CT molecular complexity index is 429. The van der Waals surface area contributed by atoms with Gasteiger partial charge in [-0.2, -0.15) is 13.2 Å². The van der Waals surface area contributed by atoms with Crippen molar-refractivity contribution >= 4 is 11.6 Å². The summed E-state index contributed by atoms with van der Waals surface area (Å²) in [5.41, 5.74) is 6.91. The molecule has 17 heavy (non-hydrogen) atoms. The van der Waals surface area contributed by atoms with Crippen molar-refractivity contribution in [2.45, 2.75) is 13.1 Å². The molecular formula is C11H13F3N2O. The summed E-state index contributed by atoms with van der Waals surface area (Å²) in [6.07, 6.45) is -4.40. The van der Waals surface area contributed by atoms with E-state index in [9.17, 15) is 18.0 Å². The molecule has 1 amide bonds. The highest BCUT2D eigenvalue weighted by molar-refractivity contribution is 5.95. The number of aryl methyl sites for hydroxylation is 1. The number of amides is 1. The maximum absolute atomic E-state index is 12.1. The van der Waals surface area contributed by atoms with Gasteiger partial charge in [0, 0.05) is 18.3 Å². The van der Waals surface area contributed by atoms with Crippen LogP contribution in [0, 0.1) is 6.92 Å². The maximum Gasteiger partial charge on any atom is 0.406 e. The standard InChI is InChI=1S/C11H13F3N2O/c1-7-3-4-8(5-9(7)15)10(17)16(2)6-11(12,13)14/h3-5H,6,15H2,1-2H3. The molecular weight excluding hydrogens is 233 g/mol. The first-order chi connectivity index (χ1) is 7.70. The van der Waals surface area contributed by atoms with Crippen molar-refractivity contribution in [3.63, 3.8) is 0 Å². The molecule has 0 saturated carbocycles. The molecule has 0 aliphatic carbocycles. The summed E-state index contributed by atoms with van der Waals surface area (Å²) in [6.45, 7) is 0.475. The average molecular weight is 246 g/mol. The number of carbonyl (C=O) groups is 1. The predicted molar refractivity (Wildman–Crippen MR) is 58.6 cm³/mol. The number of rotatable bonds is 2. The lowest BCUT2D eigenvalue weighted by molar-refractivity contribution is -0.138. The first-order valence-corrected chi connectivity index (χ1v) is 4.89. The fourth-order valence-electron chi connectivity index (χ4n) is 1.33. The van der Waals surface area contributed by atoms with E-state index in [2.05, 4.69) is 0 Å². The third kappa shape index (κ3) is 3.65. The lowest BCUT2D eigenvalue weighted by Gasteiger charge is -2.19. The Labute approximate surface area is 97.0 Å². The molecule has 1 aromatic carbocycles. The summed E-state index contributed by atoms with van der Waals surface area (Å²) in [5.74, 6) is -0.700. The molecule has 0 aliphatic heterocycles. The largest absolute Gasteiger partial charge is 0.406 e. The van der Waals surface area contributed by atoms with Crippen LogP contribution in [0.25, 0.3) is 0 Å². The number of hydrogen-bond acceptors (Lipinski definition) is 2. The molecule has 0 aromatic heterocycles. The molecule has 1 rings (SSSR count). The van der Waals surface area contributed by atoms with E-state index < -0.39 is 18.6 Å². The second kappa shape index (κ2) is 4.65. The van der Waals surface area contributed by atoms with Crippen molar-refractivity contribution in [1.29, 1.82) is 0 Å². The van der Waals surface area contributed by atoms with E-state index in [1.807, 2.05) is 0 Å². The number of anilines is 1. The zero-order chi connectivity index (χ0) is 13.2. The smallest absolute Gasteiger partial charge is 0.398 e. The molecule has 0 heterocycles. The maximum atomic E-state index is 12.1. The van der Waals surface area contributed by atoms with Crippen LogP contribution in [-0.4, -0.2) is 30.6 Å². The van der Waals surface area contributed by atoms with E-state index in [-0.39, 0.29) is 5.56 Å². The van der Waals surface area contributed by atoms with Gasteiger partial charge in [0.1, 0.15) is 6.54 Å². The van der Waals surface area contributed by atoms with Crippen LogP contribution in [0.5, 0.6) is 0 Å². The van der Waals surface area contributed by atoms with Crippen LogP contribution in [0.1, 0.15) is 15.9 Å². The molecule has 3 nitrogen and oxygen atoms in total. The Morgan fingerprint density at radius 3 is 2.47 bits per heavy atom. The van der Waals surface area contributed by atoms with Crippen LogP contribution in [0.4, 0.5) is 18.9 Å². The van der Waals surface area contributed by atoms with E-state index in [0.29, 0.717) is 10.6 Å². The molecule has 94 valence electrons. The molecule has 0 aliphatic rings. The minimum atomic E-state index is -4.40. The van der Waals surface area contributed by atoms with Crippen molar-refractivity contribution in [3.8, 4) is 0 Å². The molecule has 2 N–H and O–H groups in total. The lowest BCUT2D eigenvalue weighted by atomic mass is 10.1. The van der Waals surface area contributed by atoms with Crippen LogP contribution in [0.15, 0.2) is 18.2 Å². The summed E-state index contributed by atoms with van der Waals surface area (Å²) in [4.78, 5) is 12.3. The minimum Gasteiger partial charge on any atom is -0.398 e. The molecule has 0 fully saturated rings. The van der Waals surface area contributed by atoms with Crippen LogP contribution < -0.4 is 5.73 Å². The number of nitrogens with zero attached hydrogens (tertiary/aromatic N) is 1. The van der Waals surface area contributed by atoms with Gasteiger partial charge in [-0.05, 0) is 24.6 Å². The third-order valence-electron chi connectivity index (χ3n) is 2.29. The van der Waals surface area contributed by atoms with Gasteiger partial charge in [-0.15, -0.1) is 0 Å². The SMILES string of the molecule is Cc1ccc(C(=O)N(C)CC(F)(F)F)cc1N. The van der Waals surface area contributed by atoms with E-state index in [1.165, 1.54) is 12.1 Å². The minimum absolute atomic E-state index is 0.153. The predicted octanol–water partition coefficient (Wildman–Crippen LogP) is 2.21. The molecule has 0 saturated heterocycles. The zero-order valence-corrected chi connectivity index (χ0v) is 9.51. The van der Waals surface area contributed by atoms with Gasteiger partial charge in [0.2, 0.25) is 0 Å². The first kappa shape index (κ1) is 13.3. The van der Waals surface area contributed by atoms with Gasteiger partial charge in [-0.25, -0.2) is 0 Å². The highest BCUT2D eigenvalue weighted by Crippen LogP contribution is 2.18.